The van der Waals surface area contributed by atoms with Gasteiger partial charge in [-0.15, -0.1) is 0 Å². The summed E-state index contributed by atoms with van der Waals surface area (Å²) in [6.45, 7) is 3.88. The monoisotopic (exact) mass is 337 g/mol. The van der Waals surface area contributed by atoms with Gasteiger partial charge in [-0.05, 0) is 42.8 Å². The molecule has 0 radical (unpaired) electrons. The first kappa shape index (κ1) is 17.0. The summed E-state index contributed by atoms with van der Waals surface area (Å²) in [5.41, 5.74) is 8.82. The number of amides is 1. The fraction of sp³-hybridized carbons (Fsp3) is 0.300. The second-order valence-electron chi connectivity index (χ2n) is 6.04. The zero-order valence-corrected chi connectivity index (χ0v) is 14.4. The van der Waals surface area contributed by atoms with Crippen LogP contribution in [0.1, 0.15) is 35.7 Å². The van der Waals surface area contributed by atoms with Gasteiger partial charge in [-0.25, -0.2) is 0 Å². The van der Waals surface area contributed by atoms with Crippen molar-refractivity contribution in [2.24, 2.45) is 4.99 Å². The molecular formula is C20H23N3O2. The van der Waals surface area contributed by atoms with Gasteiger partial charge in [0.2, 0.25) is 0 Å². The number of rotatable bonds is 5. The van der Waals surface area contributed by atoms with Crippen LogP contribution in [0.3, 0.4) is 0 Å². The van der Waals surface area contributed by atoms with E-state index in [0.717, 1.165) is 29.8 Å². The number of benzene rings is 2. The molecule has 1 aliphatic rings. The lowest BCUT2D eigenvalue weighted by atomic mass is 10.1. The number of fused-ring (bicyclic) bond motifs is 1. The van der Waals surface area contributed by atoms with Gasteiger partial charge in [0.05, 0.1) is 18.8 Å². The van der Waals surface area contributed by atoms with Crippen molar-refractivity contribution in [2.45, 2.75) is 19.8 Å². The number of hydrogen-bond donors (Lipinski definition) is 1. The molecule has 2 aromatic rings. The van der Waals surface area contributed by atoms with E-state index in [1.165, 1.54) is 0 Å². The first-order valence-corrected chi connectivity index (χ1v) is 8.63. The minimum atomic E-state index is -0.0579. The summed E-state index contributed by atoms with van der Waals surface area (Å²) in [7, 11) is 0. The first-order valence-electron chi connectivity index (χ1n) is 8.63. The number of unbranched alkanes of at least 4 members (excludes halogenated alkanes) is 1. The summed E-state index contributed by atoms with van der Waals surface area (Å²) in [5, 5.41) is 0. The molecular weight excluding hydrogens is 314 g/mol. The van der Waals surface area contributed by atoms with Crippen LogP contribution in [0.2, 0.25) is 0 Å². The lowest BCUT2D eigenvalue weighted by Gasteiger charge is -2.23. The predicted octanol–water partition coefficient (Wildman–Crippen LogP) is 3.53. The largest absolute Gasteiger partial charge is 0.494 e. The highest BCUT2D eigenvalue weighted by Crippen LogP contribution is 2.26. The fourth-order valence-corrected chi connectivity index (χ4v) is 2.78. The van der Waals surface area contributed by atoms with Crippen LogP contribution < -0.4 is 15.4 Å². The lowest BCUT2D eigenvalue weighted by molar-refractivity contribution is 0.0987. The number of nitrogens with zero attached hydrogens (tertiary/aromatic N) is 2. The molecule has 0 unspecified atom stereocenters. The first-order chi connectivity index (χ1) is 12.2. The van der Waals surface area contributed by atoms with Gasteiger partial charge in [0.25, 0.3) is 5.91 Å². The standard InChI is InChI=1S/C20H23N3O2/c1-2-3-11-25-18-6-4-5-15(13-18)20(24)23-10-9-22-14-16-12-17(21)7-8-19(16)23/h4-8,12-14H,2-3,9-11,21H2,1H3. The Kier molecular flexibility index (Phi) is 5.33. The number of nitrogens with two attached hydrogens (primary N) is 1. The summed E-state index contributed by atoms with van der Waals surface area (Å²) < 4.78 is 5.72. The molecule has 2 aromatic carbocycles. The van der Waals surface area contributed by atoms with E-state index in [0.29, 0.717) is 30.9 Å². The van der Waals surface area contributed by atoms with Crippen molar-refractivity contribution < 1.29 is 9.53 Å². The molecule has 1 amide bonds. The molecule has 25 heavy (non-hydrogen) atoms. The van der Waals surface area contributed by atoms with Crippen LogP contribution in [-0.2, 0) is 0 Å². The molecule has 0 saturated carbocycles. The normalized spacial score (nSPS) is 13.2. The molecule has 0 aromatic heterocycles. The second-order valence-corrected chi connectivity index (χ2v) is 6.04. The van der Waals surface area contributed by atoms with E-state index in [2.05, 4.69) is 11.9 Å². The van der Waals surface area contributed by atoms with E-state index in [1.54, 1.807) is 17.2 Å². The Hall–Kier alpha value is -2.82. The lowest BCUT2D eigenvalue weighted by Crippen LogP contribution is -2.33. The molecule has 0 saturated heterocycles. The Balaban J connectivity index is 1.85. The van der Waals surface area contributed by atoms with Crippen LogP contribution in [0.15, 0.2) is 47.5 Å². The van der Waals surface area contributed by atoms with Crippen molar-refractivity contribution in [3.63, 3.8) is 0 Å². The van der Waals surface area contributed by atoms with Crippen LogP contribution in [0.25, 0.3) is 0 Å². The molecule has 0 aliphatic carbocycles. The van der Waals surface area contributed by atoms with Crippen molar-refractivity contribution >= 4 is 23.5 Å². The molecule has 0 bridgehead atoms. The van der Waals surface area contributed by atoms with Gasteiger partial charge < -0.3 is 15.4 Å². The molecule has 130 valence electrons. The SMILES string of the molecule is CCCCOc1cccc(C(=O)N2CCN=Cc3cc(N)ccc32)c1. The molecule has 3 rings (SSSR count). The maximum absolute atomic E-state index is 13.1. The highest BCUT2D eigenvalue weighted by atomic mass is 16.5. The van der Waals surface area contributed by atoms with Crippen LogP contribution in [0.4, 0.5) is 11.4 Å². The van der Waals surface area contributed by atoms with Crippen LogP contribution >= 0.6 is 0 Å². The molecule has 1 heterocycles. The summed E-state index contributed by atoms with van der Waals surface area (Å²) >= 11 is 0. The van der Waals surface area contributed by atoms with Crippen molar-refractivity contribution in [3.8, 4) is 5.75 Å². The van der Waals surface area contributed by atoms with Gasteiger partial charge in [-0.3, -0.25) is 9.79 Å². The van der Waals surface area contributed by atoms with E-state index in [1.807, 2.05) is 36.4 Å². The third-order valence-electron chi connectivity index (χ3n) is 4.12. The van der Waals surface area contributed by atoms with Crippen LogP contribution in [0.5, 0.6) is 5.75 Å². The number of carbonyl (C=O) groups is 1. The number of ether oxygens (including phenoxy) is 1. The number of aliphatic imine (C=N–C) groups is 1. The smallest absolute Gasteiger partial charge is 0.258 e. The van der Waals surface area contributed by atoms with Gasteiger partial charge >= 0.3 is 0 Å². The van der Waals surface area contributed by atoms with Gasteiger partial charge in [-0.1, -0.05) is 19.4 Å². The Morgan fingerprint density at radius 1 is 1.28 bits per heavy atom. The molecule has 2 N–H and O–H groups in total. The average Bonchev–Trinajstić information content (AvgIpc) is 2.83. The van der Waals surface area contributed by atoms with E-state index in [-0.39, 0.29) is 5.91 Å². The highest BCUT2D eigenvalue weighted by molar-refractivity contribution is 6.09. The van der Waals surface area contributed by atoms with Gasteiger partial charge in [0.1, 0.15) is 5.75 Å². The van der Waals surface area contributed by atoms with Crippen molar-refractivity contribution in [1.29, 1.82) is 0 Å². The van der Waals surface area contributed by atoms with Crippen molar-refractivity contribution in [1.82, 2.24) is 0 Å². The third-order valence-corrected chi connectivity index (χ3v) is 4.12. The number of anilines is 2. The summed E-state index contributed by atoms with van der Waals surface area (Å²) in [5.74, 6) is 0.667. The molecule has 5 nitrogen and oxygen atoms in total. The fourth-order valence-electron chi connectivity index (χ4n) is 2.78. The quantitative estimate of drug-likeness (QED) is 0.670. The summed E-state index contributed by atoms with van der Waals surface area (Å²) in [6.07, 6.45) is 3.85. The molecule has 5 heteroatoms. The van der Waals surface area contributed by atoms with E-state index in [9.17, 15) is 4.79 Å². The molecule has 0 spiro atoms. The Morgan fingerprint density at radius 3 is 3.00 bits per heavy atom. The molecule has 0 atom stereocenters. The summed E-state index contributed by atoms with van der Waals surface area (Å²) in [6, 6.07) is 12.9. The van der Waals surface area contributed by atoms with E-state index in [4.69, 9.17) is 10.5 Å². The van der Waals surface area contributed by atoms with Gasteiger partial charge in [-0.2, -0.15) is 0 Å². The zero-order valence-electron chi connectivity index (χ0n) is 14.4. The topological polar surface area (TPSA) is 67.9 Å². The number of hydrogen-bond acceptors (Lipinski definition) is 4. The molecule has 0 fully saturated rings. The summed E-state index contributed by atoms with van der Waals surface area (Å²) in [4.78, 5) is 19.2. The maximum Gasteiger partial charge on any atom is 0.258 e. The Bertz CT molecular complexity index is 786. The third kappa shape index (κ3) is 3.99. The minimum absolute atomic E-state index is 0.0579. The van der Waals surface area contributed by atoms with Crippen molar-refractivity contribution in [2.75, 3.05) is 30.3 Å². The predicted molar refractivity (Wildman–Crippen MR) is 102 cm³/mol. The number of benzodiazepines with no additional fused rings is 1. The van der Waals surface area contributed by atoms with E-state index >= 15 is 0 Å². The van der Waals surface area contributed by atoms with E-state index < -0.39 is 0 Å². The van der Waals surface area contributed by atoms with Gasteiger partial charge in [0.15, 0.2) is 0 Å². The minimum Gasteiger partial charge on any atom is -0.494 e. The number of nitrogen functional groups attached to an aromatic ring is 1. The zero-order chi connectivity index (χ0) is 17.6. The maximum atomic E-state index is 13.1. The Labute approximate surface area is 148 Å². The Morgan fingerprint density at radius 2 is 2.16 bits per heavy atom. The highest BCUT2D eigenvalue weighted by Gasteiger charge is 2.21. The van der Waals surface area contributed by atoms with Crippen LogP contribution in [-0.4, -0.2) is 31.8 Å². The van der Waals surface area contributed by atoms with Gasteiger partial charge in [0, 0.05) is 29.6 Å². The van der Waals surface area contributed by atoms with Crippen LogP contribution in [0, 0.1) is 0 Å². The average molecular weight is 337 g/mol. The second kappa shape index (κ2) is 7.83. The van der Waals surface area contributed by atoms with Crippen molar-refractivity contribution in [3.05, 3.63) is 53.6 Å². The molecule has 1 aliphatic heterocycles. The number of carbonyl (C=O) groups excluding carboxylic acids is 1.